The smallest absolute Gasteiger partial charge is 0.410 e. The zero-order valence-corrected chi connectivity index (χ0v) is 38.5. The minimum absolute atomic E-state index is 0.0383. The fraction of sp³-hybridized carbons (Fsp3) is 0.389. The maximum Gasteiger partial charge on any atom is 0.410 e. The number of amides is 2. The molecular weight excluding hydrogens is 837 g/mol. The van der Waals surface area contributed by atoms with E-state index in [0.717, 1.165) is 27.8 Å². The van der Waals surface area contributed by atoms with Gasteiger partial charge >= 0.3 is 18.2 Å². The molecule has 5 aromatic carbocycles. The van der Waals surface area contributed by atoms with Crippen LogP contribution in [0.2, 0.25) is 0 Å². The van der Waals surface area contributed by atoms with Gasteiger partial charge in [0, 0.05) is 0 Å². The third kappa shape index (κ3) is 15.5. The summed E-state index contributed by atoms with van der Waals surface area (Å²) in [5.74, 6) is -0.586. The molecule has 12 nitrogen and oxygen atoms in total. The number of benzene rings is 5. The Morgan fingerprint density at radius 1 is 0.561 bits per heavy atom. The predicted octanol–water partition coefficient (Wildman–Crippen LogP) is 9.98. The normalized spacial score (nSPS) is 18.8. The summed E-state index contributed by atoms with van der Waals surface area (Å²) in [6.45, 7) is 6.40. The van der Waals surface area contributed by atoms with Crippen LogP contribution >= 0.6 is 0 Å². The molecule has 350 valence electrons. The first kappa shape index (κ1) is 49.4. The average molecular weight is 901 g/mol. The Morgan fingerprint density at radius 3 is 1.44 bits per heavy atom. The molecule has 0 spiro atoms. The number of piperidine rings is 1. The van der Waals surface area contributed by atoms with Crippen LogP contribution in [0.1, 0.15) is 74.3 Å². The number of hydrogen-bond donors (Lipinski definition) is 1. The molecule has 1 N–H and O–H groups in total. The molecule has 66 heavy (non-hydrogen) atoms. The van der Waals surface area contributed by atoms with Crippen molar-refractivity contribution in [2.75, 3.05) is 13.7 Å². The van der Waals surface area contributed by atoms with Gasteiger partial charge in [0.1, 0.15) is 36.6 Å². The van der Waals surface area contributed by atoms with E-state index in [-0.39, 0.29) is 39.5 Å². The van der Waals surface area contributed by atoms with Crippen molar-refractivity contribution in [3.05, 3.63) is 179 Å². The van der Waals surface area contributed by atoms with E-state index in [9.17, 15) is 9.59 Å². The molecule has 0 saturated carbocycles. The third-order valence-electron chi connectivity index (χ3n) is 11.2. The summed E-state index contributed by atoms with van der Waals surface area (Å²) in [6, 6.07) is 46.8. The summed E-state index contributed by atoms with van der Waals surface area (Å²) in [5.41, 5.74) is 3.91. The molecule has 1 saturated heterocycles. The van der Waals surface area contributed by atoms with Gasteiger partial charge in [0.2, 0.25) is 0 Å². The Labute approximate surface area is 389 Å². The van der Waals surface area contributed by atoms with Crippen molar-refractivity contribution < 1.29 is 47.5 Å². The van der Waals surface area contributed by atoms with Crippen LogP contribution < -0.4 is 5.32 Å². The number of unbranched alkanes of at least 4 members (excludes halogenated alkanes) is 1. The molecule has 0 aliphatic carbocycles. The van der Waals surface area contributed by atoms with Crippen molar-refractivity contribution in [1.29, 1.82) is 0 Å². The zero-order chi connectivity index (χ0) is 46.6. The third-order valence-corrected chi connectivity index (χ3v) is 11.2. The van der Waals surface area contributed by atoms with E-state index in [4.69, 9.17) is 33.2 Å². The lowest BCUT2D eigenvalue weighted by Gasteiger charge is -2.52. The van der Waals surface area contributed by atoms with Crippen LogP contribution in [0, 0.1) is 0 Å². The van der Waals surface area contributed by atoms with Gasteiger partial charge < -0.3 is 38.5 Å². The van der Waals surface area contributed by atoms with Crippen molar-refractivity contribution in [3.63, 3.8) is 0 Å². The molecule has 1 aliphatic rings. The van der Waals surface area contributed by atoms with Crippen LogP contribution in [0.5, 0.6) is 0 Å². The number of alkyl carbamates (subject to hydrolysis) is 1. The second-order valence-corrected chi connectivity index (χ2v) is 17.4. The molecule has 12 heteroatoms. The van der Waals surface area contributed by atoms with Gasteiger partial charge in [-0.25, -0.2) is 14.4 Å². The first-order valence-electron chi connectivity index (χ1n) is 22.7. The van der Waals surface area contributed by atoms with Crippen molar-refractivity contribution in [2.24, 2.45) is 0 Å². The summed E-state index contributed by atoms with van der Waals surface area (Å²) in [6.07, 6.45) is -1.82. The maximum absolute atomic E-state index is 15.0. The van der Waals surface area contributed by atoms with Crippen LogP contribution in [0.25, 0.3) is 0 Å². The van der Waals surface area contributed by atoms with Crippen LogP contribution in [-0.4, -0.2) is 78.8 Å². The van der Waals surface area contributed by atoms with Gasteiger partial charge in [0.15, 0.2) is 0 Å². The summed E-state index contributed by atoms with van der Waals surface area (Å²) in [5, 5.41) is 2.69. The molecule has 6 atom stereocenters. The lowest BCUT2D eigenvalue weighted by Crippen LogP contribution is -2.70. The lowest BCUT2D eigenvalue weighted by atomic mass is 9.85. The monoisotopic (exact) mass is 900 g/mol. The fourth-order valence-corrected chi connectivity index (χ4v) is 8.05. The Bertz CT molecular complexity index is 2170. The predicted molar refractivity (Wildman–Crippen MR) is 251 cm³/mol. The largest absolute Gasteiger partial charge is 0.467 e. The van der Waals surface area contributed by atoms with Gasteiger partial charge in [-0.3, -0.25) is 4.90 Å². The number of esters is 1. The number of nitrogens with one attached hydrogen (secondary N) is 1. The quantitative estimate of drug-likeness (QED) is 0.0407. The lowest BCUT2D eigenvalue weighted by molar-refractivity contribution is -0.223. The van der Waals surface area contributed by atoms with E-state index < -0.39 is 60.2 Å². The SMILES string of the molecule is COC(=O)[C@H](CCCC[C@H]1[C@H](OCc2ccccc2)[C@@H](OCc2ccccc2)[C@H](OCc2ccccc2)[C@H](COCc2ccccc2)N1C(=O)OCc1ccccc1)NC(=O)OC(C)(C)C. The highest BCUT2D eigenvalue weighted by molar-refractivity contribution is 5.81. The second kappa shape index (κ2) is 25.6. The van der Waals surface area contributed by atoms with Gasteiger partial charge in [0.05, 0.1) is 52.2 Å². The molecule has 0 bridgehead atoms. The number of methoxy groups -OCH3 is 1. The molecule has 1 aliphatic heterocycles. The highest BCUT2D eigenvalue weighted by Crippen LogP contribution is 2.36. The van der Waals surface area contributed by atoms with Crippen molar-refractivity contribution in [2.45, 2.75) is 122 Å². The Morgan fingerprint density at radius 2 is 0.985 bits per heavy atom. The molecular formula is C54H64N2O10. The molecule has 1 fully saturated rings. The first-order valence-corrected chi connectivity index (χ1v) is 22.7. The van der Waals surface area contributed by atoms with Crippen LogP contribution in [-0.2, 0) is 71.0 Å². The number of likely N-dealkylation sites (tertiary alicyclic amines) is 1. The van der Waals surface area contributed by atoms with E-state index in [0.29, 0.717) is 25.9 Å². The standard InChI is InChI=1S/C54H64N2O10/c1-54(2,3)66-52(58)55-45(51(57)60-4)32-20-21-33-46-48(62-35-41-24-12-6-13-25-41)50(64-37-43-28-16-8-17-29-43)49(63-36-42-26-14-7-15-27-42)47(39-61-34-40-22-10-5-11-23-40)56(46)53(59)65-38-44-30-18-9-19-31-44/h5-19,22-31,45-50H,20-21,32-39H2,1-4H3,(H,55,58)/t45-,46-,47-,48-,49+,50+/m0/s1. The van der Waals surface area contributed by atoms with E-state index in [1.54, 1.807) is 25.7 Å². The summed E-state index contributed by atoms with van der Waals surface area (Å²) < 4.78 is 44.3. The van der Waals surface area contributed by atoms with Crippen molar-refractivity contribution in [1.82, 2.24) is 10.2 Å². The fourth-order valence-electron chi connectivity index (χ4n) is 8.05. The van der Waals surface area contributed by atoms with Gasteiger partial charge in [-0.1, -0.05) is 165 Å². The summed E-state index contributed by atoms with van der Waals surface area (Å²) in [4.78, 5) is 42.6. The molecule has 1 heterocycles. The van der Waals surface area contributed by atoms with Gasteiger partial charge in [-0.2, -0.15) is 0 Å². The number of hydrogen-bond acceptors (Lipinski definition) is 10. The molecule has 0 radical (unpaired) electrons. The minimum atomic E-state index is -0.954. The number of rotatable bonds is 22. The number of carbonyl (C=O) groups excluding carboxylic acids is 3. The van der Waals surface area contributed by atoms with E-state index in [2.05, 4.69) is 5.32 Å². The molecule has 0 aromatic heterocycles. The zero-order valence-electron chi connectivity index (χ0n) is 38.5. The van der Waals surface area contributed by atoms with Crippen molar-refractivity contribution >= 4 is 18.2 Å². The summed E-state index contributed by atoms with van der Waals surface area (Å²) in [7, 11) is 1.29. The number of carbonyl (C=O) groups is 3. The van der Waals surface area contributed by atoms with E-state index in [1.807, 2.05) is 152 Å². The molecule has 0 unspecified atom stereocenters. The van der Waals surface area contributed by atoms with Crippen LogP contribution in [0.3, 0.4) is 0 Å². The van der Waals surface area contributed by atoms with Gasteiger partial charge in [0.25, 0.3) is 0 Å². The number of nitrogens with zero attached hydrogens (tertiary/aromatic N) is 1. The molecule has 5 aromatic rings. The topological polar surface area (TPSA) is 131 Å². The molecule has 6 rings (SSSR count). The van der Waals surface area contributed by atoms with Gasteiger partial charge in [-0.15, -0.1) is 0 Å². The first-order chi connectivity index (χ1) is 32.1. The minimum Gasteiger partial charge on any atom is -0.467 e. The van der Waals surface area contributed by atoms with Crippen LogP contribution in [0.4, 0.5) is 9.59 Å². The van der Waals surface area contributed by atoms with E-state index in [1.165, 1.54) is 7.11 Å². The summed E-state index contributed by atoms with van der Waals surface area (Å²) >= 11 is 0. The Hall–Kier alpha value is -6.05. The van der Waals surface area contributed by atoms with E-state index >= 15 is 4.79 Å². The highest BCUT2D eigenvalue weighted by atomic mass is 16.6. The Kier molecular flexibility index (Phi) is 19.2. The Balaban J connectivity index is 1.39. The number of ether oxygens (including phenoxy) is 7. The van der Waals surface area contributed by atoms with Gasteiger partial charge in [-0.05, 0) is 61.4 Å². The average Bonchev–Trinajstić information content (AvgIpc) is 3.33. The van der Waals surface area contributed by atoms with Crippen LogP contribution in [0.15, 0.2) is 152 Å². The maximum atomic E-state index is 15.0. The highest BCUT2D eigenvalue weighted by Gasteiger charge is 2.53. The van der Waals surface area contributed by atoms with Crippen molar-refractivity contribution in [3.8, 4) is 0 Å². The second-order valence-electron chi connectivity index (χ2n) is 17.4. The molecule has 2 amide bonds.